The molecule has 7 heteroatoms. The largest absolute Gasteiger partial charge is 0.456 e. The van der Waals surface area contributed by atoms with Gasteiger partial charge in [0.2, 0.25) is 0 Å². The van der Waals surface area contributed by atoms with Crippen LogP contribution in [0.1, 0.15) is 27.3 Å². The van der Waals surface area contributed by atoms with E-state index in [-0.39, 0.29) is 12.2 Å². The van der Waals surface area contributed by atoms with Crippen LogP contribution in [-0.4, -0.2) is 20.3 Å². The molecule has 158 valence electrons. The van der Waals surface area contributed by atoms with Gasteiger partial charge in [-0.3, -0.25) is 9.20 Å². The number of hydrogen-bond donors (Lipinski definition) is 0. The van der Waals surface area contributed by atoms with Gasteiger partial charge in [-0.15, -0.1) is 11.3 Å². The van der Waals surface area contributed by atoms with Crippen molar-refractivity contribution in [1.82, 2.24) is 14.4 Å². The van der Waals surface area contributed by atoms with E-state index in [0.717, 1.165) is 16.8 Å². The molecule has 0 aliphatic carbocycles. The average molecular weight is 442 g/mol. The van der Waals surface area contributed by atoms with Crippen molar-refractivity contribution in [3.63, 3.8) is 0 Å². The summed E-state index contributed by atoms with van der Waals surface area (Å²) in [5.41, 5.74) is 4.97. The molecule has 2 aromatic carbocycles. The predicted molar refractivity (Wildman–Crippen MR) is 125 cm³/mol. The Morgan fingerprint density at radius 2 is 1.81 bits per heavy atom. The van der Waals surface area contributed by atoms with Crippen LogP contribution in [-0.2, 0) is 11.3 Å². The summed E-state index contributed by atoms with van der Waals surface area (Å²) in [5.74, 6) is -0.485. The third kappa shape index (κ3) is 3.67. The normalized spacial score (nSPS) is 11.2. The highest BCUT2D eigenvalue weighted by Gasteiger charge is 2.16. The highest BCUT2D eigenvalue weighted by molar-refractivity contribution is 7.15. The van der Waals surface area contributed by atoms with Gasteiger partial charge in [0.25, 0.3) is 5.56 Å². The van der Waals surface area contributed by atoms with Crippen LogP contribution < -0.4 is 5.56 Å². The van der Waals surface area contributed by atoms with Gasteiger partial charge in [0.15, 0.2) is 4.96 Å². The molecule has 5 aromatic rings. The highest BCUT2D eigenvalue weighted by atomic mass is 32.1. The van der Waals surface area contributed by atoms with Crippen LogP contribution in [0.5, 0.6) is 0 Å². The number of carbonyl (C=O) groups is 1. The standard InChI is InChI=1S/C25H19N3O3S/c1-15-7-9-17(10-8-15)22-12-20(19-5-3-4-6-21(19)27-22)24(30)31-13-18-11-23(29)28-16(2)14-32-25(28)26-18/h3-12,14H,13H2,1-2H3. The van der Waals surface area contributed by atoms with Gasteiger partial charge in [0.1, 0.15) is 6.61 Å². The van der Waals surface area contributed by atoms with Gasteiger partial charge in [-0.2, -0.15) is 0 Å². The lowest BCUT2D eigenvalue weighted by molar-refractivity contribution is 0.0470. The molecule has 0 unspecified atom stereocenters. The molecule has 0 saturated carbocycles. The molecule has 0 aliphatic rings. The minimum Gasteiger partial charge on any atom is -0.456 e. The minimum atomic E-state index is -0.485. The third-order valence-corrected chi connectivity index (χ3v) is 6.21. The Balaban J connectivity index is 1.49. The quantitative estimate of drug-likeness (QED) is 0.369. The number of benzene rings is 2. The van der Waals surface area contributed by atoms with Crippen LogP contribution in [0.25, 0.3) is 27.1 Å². The van der Waals surface area contributed by atoms with Gasteiger partial charge < -0.3 is 4.74 Å². The minimum absolute atomic E-state index is 0.0853. The van der Waals surface area contributed by atoms with Crippen molar-refractivity contribution < 1.29 is 9.53 Å². The summed E-state index contributed by atoms with van der Waals surface area (Å²) in [6.07, 6.45) is 0. The van der Waals surface area contributed by atoms with Gasteiger partial charge in [0, 0.05) is 28.1 Å². The summed E-state index contributed by atoms with van der Waals surface area (Å²) >= 11 is 1.38. The molecule has 5 rings (SSSR count). The van der Waals surface area contributed by atoms with E-state index in [1.54, 1.807) is 10.5 Å². The first-order valence-corrected chi connectivity index (χ1v) is 11.0. The average Bonchev–Trinajstić information content (AvgIpc) is 3.18. The van der Waals surface area contributed by atoms with Gasteiger partial charge in [-0.05, 0) is 26.0 Å². The molecule has 0 radical (unpaired) electrons. The van der Waals surface area contributed by atoms with Crippen molar-refractivity contribution in [3.05, 3.63) is 98.9 Å². The van der Waals surface area contributed by atoms with Gasteiger partial charge in [-0.25, -0.2) is 14.8 Å². The highest BCUT2D eigenvalue weighted by Crippen LogP contribution is 2.26. The number of para-hydroxylation sites is 1. The number of carbonyl (C=O) groups excluding carboxylic acids is 1. The van der Waals surface area contributed by atoms with Crippen molar-refractivity contribution in [2.45, 2.75) is 20.5 Å². The fraction of sp³-hybridized carbons (Fsp3) is 0.120. The smallest absolute Gasteiger partial charge is 0.339 e. The monoisotopic (exact) mass is 441 g/mol. The zero-order valence-corrected chi connectivity index (χ0v) is 18.3. The summed E-state index contributed by atoms with van der Waals surface area (Å²) in [7, 11) is 0. The molecule has 3 aromatic heterocycles. The summed E-state index contributed by atoms with van der Waals surface area (Å²) < 4.78 is 7.11. The second-order valence-corrected chi connectivity index (χ2v) is 8.43. The van der Waals surface area contributed by atoms with Crippen molar-refractivity contribution >= 4 is 33.2 Å². The lowest BCUT2D eigenvalue weighted by atomic mass is 10.0. The Morgan fingerprint density at radius 3 is 2.62 bits per heavy atom. The molecule has 6 nitrogen and oxygen atoms in total. The third-order valence-electron chi connectivity index (χ3n) is 5.26. The van der Waals surface area contributed by atoms with Crippen LogP contribution in [0.15, 0.2) is 70.8 Å². The summed E-state index contributed by atoms with van der Waals surface area (Å²) in [4.78, 5) is 35.2. The van der Waals surface area contributed by atoms with Crippen LogP contribution >= 0.6 is 11.3 Å². The molecule has 0 spiro atoms. The topological polar surface area (TPSA) is 73.6 Å². The van der Waals surface area contributed by atoms with Crippen LogP contribution in [0.3, 0.4) is 0 Å². The number of pyridine rings is 1. The Kier molecular flexibility index (Phi) is 5.03. The van der Waals surface area contributed by atoms with E-state index in [1.165, 1.54) is 17.4 Å². The first kappa shape index (κ1) is 20.1. The van der Waals surface area contributed by atoms with Crippen molar-refractivity contribution in [1.29, 1.82) is 0 Å². The van der Waals surface area contributed by atoms with Crippen molar-refractivity contribution in [3.8, 4) is 11.3 Å². The van der Waals surface area contributed by atoms with Gasteiger partial charge in [-0.1, -0.05) is 48.0 Å². The number of thiazole rings is 1. The second-order valence-electron chi connectivity index (χ2n) is 7.60. The summed E-state index contributed by atoms with van der Waals surface area (Å²) in [6.45, 7) is 3.79. The number of rotatable bonds is 4. The van der Waals surface area contributed by atoms with E-state index in [9.17, 15) is 9.59 Å². The van der Waals surface area contributed by atoms with Crippen LogP contribution in [0.4, 0.5) is 0 Å². The molecule has 0 N–H and O–H groups in total. The van der Waals surface area contributed by atoms with Crippen LogP contribution in [0.2, 0.25) is 0 Å². The fourth-order valence-electron chi connectivity index (χ4n) is 3.61. The van der Waals surface area contributed by atoms with E-state index < -0.39 is 5.97 Å². The molecular weight excluding hydrogens is 422 g/mol. The van der Waals surface area contributed by atoms with E-state index in [0.29, 0.717) is 32.8 Å². The van der Waals surface area contributed by atoms with Crippen LogP contribution in [0, 0.1) is 13.8 Å². The van der Waals surface area contributed by atoms with Crippen molar-refractivity contribution in [2.75, 3.05) is 0 Å². The fourth-order valence-corrected chi connectivity index (χ4v) is 4.50. The zero-order valence-electron chi connectivity index (χ0n) is 17.5. The Bertz CT molecular complexity index is 1530. The maximum absolute atomic E-state index is 13.1. The summed E-state index contributed by atoms with van der Waals surface area (Å²) in [6, 6.07) is 18.6. The molecule has 0 bridgehead atoms. The maximum atomic E-state index is 13.1. The number of aromatic nitrogens is 3. The number of nitrogens with zero attached hydrogens (tertiary/aromatic N) is 3. The Hall–Kier alpha value is -3.84. The lowest BCUT2D eigenvalue weighted by Crippen LogP contribution is -2.16. The van der Waals surface area contributed by atoms with E-state index in [4.69, 9.17) is 9.72 Å². The number of aryl methyl sites for hydroxylation is 2. The number of fused-ring (bicyclic) bond motifs is 2. The Labute approximate surface area is 187 Å². The number of hydrogen-bond acceptors (Lipinski definition) is 6. The molecule has 0 aliphatic heterocycles. The number of esters is 1. The maximum Gasteiger partial charge on any atom is 0.339 e. The second kappa shape index (κ2) is 8.01. The molecule has 0 saturated heterocycles. The predicted octanol–water partition coefficient (Wildman–Crippen LogP) is 4.95. The molecule has 0 fully saturated rings. The lowest BCUT2D eigenvalue weighted by Gasteiger charge is -2.10. The zero-order chi connectivity index (χ0) is 22.2. The van der Waals surface area contributed by atoms with E-state index in [1.807, 2.05) is 67.8 Å². The first-order chi connectivity index (χ1) is 15.5. The van der Waals surface area contributed by atoms with Gasteiger partial charge >= 0.3 is 5.97 Å². The Morgan fingerprint density at radius 1 is 1.03 bits per heavy atom. The van der Waals surface area contributed by atoms with E-state index in [2.05, 4.69) is 4.98 Å². The first-order valence-electron chi connectivity index (χ1n) is 10.1. The molecule has 0 atom stereocenters. The van der Waals surface area contributed by atoms with Crippen molar-refractivity contribution in [2.24, 2.45) is 0 Å². The molecular formula is C25H19N3O3S. The van der Waals surface area contributed by atoms with E-state index >= 15 is 0 Å². The van der Waals surface area contributed by atoms with Gasteiger partial charge in [0.05, 0.1) is 22.5 Å². The summed E-state index contributed by atoms with van der Waals surface area (Å²) in [5, 5.41) is 2.58. The molecule has 3 heterocycles. The molecule has 0 amide bonds. The molecule has 32 heavy (non-hydrogen) atoms. The number of ether oxygens (including phenoxy) is 1. The SMILES string of the molecule is Cc1ccc(-c2cc(C(=O)OCc3cc(=O)n4c(C)csc4n3)c3ccccc3n2)cc1.